The Hall–Kier alpha value is -1.38. The lowest BCUT2D eigenvalue weighted by atomic mass is 9.96. The van der Waals surface area contributed by atoms with Gasteiger partial charge in [-0.2, -0.15) is 0 Å². The van der Waals surface area contributed by atoms with Crippen molar-refractivity contribution in [2.75, 3.05) is 7.11 Å². The molecule has 80 valence electrons. The van der Waals surface area contributed by atoms with Crippen molar-refractivity contribution in [2.24, 2.45) is 5.41 Å². The van der Waals surface area contributed by atoms with E-state index in [2.05, 4.69) is 0 Å². The van der Waals surface area contributed by atoms with Gasteiger partial charge in [-0.25, -0.2) is 4.39 Å². The van der Waals surface area contributed by atoms with Crippen LogP contribution in [0.1, 0.15) is 18.4 Å². The SMILES string of the molecule is COC(=O)C1(Cc2ccccc2F)CC1. The van der Waals surface area contributed by atoms with Crippen LogP contribution in [0.3, 0.4) is 0 Å². The van der Waals surface area contributed by atoms with Gasteiger partial charge in [0.25, 0.3) is 0 Å². The molecule has 0 bridgehead atoms. The van der Waals surface area contributed by atoms with Crippen LogP contribution in [0.25, 0.3) is 0 Å². The minimum atomic E-state index is -0.447. The molecule has 1 aromatic carbocycles. The summed E-state index contributed by atoms with van der Waals surface area (Å²) in [7, 11) is 1.38. The Balaban J connectivity index is 2.16. The molecule has 0 saturated heterocycles. The lowest BCUT2D eigenvalue weighted by Crippen LogP contribution is -2.20. The van der Waals surface area contributed by atoms with E-state index in [1.807, 2.05) is 0 Å². The second kappa shape index (κ2) is 3.65. The van der Waals surface area contributed by atoms with Crippen molar-refractivity contribution < 1.29 is 13.9 Å². The number of hydrogen-bond acceptors (Lipinski definition) is 2. The van der Waals surface area contributed by atoms with Crippen molar-refractivity contribution in [3.8, 4) is 0 Å². The third-order valence-electron chi connectivity index (χ3n) is 2.96. The molecule has 15 heavy (non-hydrogen) atoms. The maximum atomic E-state index is 13.4. The minimum Gasteiger partial charge on any atom is -0.469 e. The fourth-order valence-corrected chi connectivity index (χ4v) is 1.83. The number of carbonyl (C=O) groups excluding carboxylic acids is 1. The van der Waals surface area contributed by atoms with Crippen molar-refractivity contribution in [1.29, 1.82) is 0 Å². The lowest BCUT2D eigenvalue weighted by molar-refractivity contribution is -0.147. The van der Waals surface area contributed by atoms with Crippen LogP contribution in [0.5, 0.6) is 0 Å². The van der Waals surface area contributed by atoms with Gasteiger partial charge in [-0.05, 0) is 30.9 Å². The zero-order valence-corrected chi connectivity index (χ0v) is 8.63. The van der Waals surface area contributed by atoms with Crippen LogP contribution in [-0.2, 0) is 16.0 Å². The maximum Gasteiger partial charge on any atom is 0.312 e. The molecule has 1 aromatic rings. The van der Waals surface area contributed by atoms with Crippen molar-refractivity contribution >= 4 is 5.97 Å². The fourth-order valence-electron chi connectivity index (χ4n) is 1.83. The molecule has 0 N–H and O–H groups in total. The van der Waals surface area contributed by atoms with E-state index in [1.54, 1.807) is 18.2 Å². The first kappa shape index (κ1) is 10.1. The molecule has 0 heterocycles. The minimum absolute atomic E-state index is 0.217. The van der Waals surface area contributed by atoms with Crippen LogP contribution in [0.15, 0.2) is 24.3 Å². The summed E-state index contributed by atoms with van der Waals surface area (Å²) >= 11 is 0. The molecule has 0 aromatic heterocycles. The molecular formula is C12H13FO2. The Kier molecular flexibility index (Phi) is 2.47. The highest BCUT2D eigenvalue weighted by molar-refractivity contribution is 5.80. The molecule has 2 rings (SSSR count). The molecule has 0 atom stereocenters. The number of carbonyl (C=O) groups is 1. The summed E-state index contributed by atoms with van der Waals surface area (Å²) in [6, 6.07) is 6.57. The summed E-state index contributed by atoms with van der Waals surface area (Å²) in [5, 5.41) is 0. The Labute approximate surface area is 88.1 Å². The first-order valence-electron chi connectivity index (χ1n) is 5.00. The summed E-state index contributed by atoms with van der Waals surface area (Å²) in [5.41, 5.74) is 0.150. The van der Waals surface area contributed by atoms with Crippen molar-refractivity contribution in [2.45, 2.75) is 19.3 Å². The van der Waals surface area contributed by atoms with Gasteiger partial charge in [-0.1, -0.05) is 18.2 Å². The summed E-state index contributed by atoms with van der Waals surface area (Å²) in [4.78, 5) is 11.5. The summed E-state index contributed by atoms with van der Waals surface area (Å²) in [5.74, 6) is -0.460. The largest absolute Gasteiger partial charge is 0.469 e. The monoisotopic (exact) mass is 208 g/mol. The van der Waals surface area contributed by atoms with Crippen LogP contribution < -0.4 is 0 Å². The van der Waals surface area contributed by atoms with E-state index in [4.69, 9.17) is 4.74 Å². The first-order chi connectivity index (χ1) is 7.18. The molecule has 0 unspecified atom stereocenters. The summed E-state index contributed by atoms with van der Waals surface area (Å²) < 4.78 is 18.1. The highest BCUT2D eigenvalue weighted by Gasteiger charge is 2.51. The smallest absolute Gasteiger partial charge is 0.312 e. The average molecular weight is 208 g/mol. The molecule has 1 saturated carbocycles. The second-order valence-corrected chi connectivity index (χ2v) is 4.04. The van der Waals surface area contributed by atoms with Gasteiger partial charge in [0.05, 0.1) is 12.5 Å². The Morgan fingerprint density at radius 3 is 2.67 bits per heavy atom. The van der Waals surface area contributed by atoms with Crippen LogP contribution in [0.4, 0.5) is 4.39 Å². The van der Waals surface area contributed by atoms with Gasteiger partial charge in [0, 0.05) is 0 Å². The number of rotatable bonds is 3. The van der Waals surface area contributed by atoms with Crippen LogP contribution in [0, 0.1) is 11.2 Å². The van der Waals surface area contributed by atoms with Gasteiger partial charge in [0.1, 0.15) is 5.82 Å². The fraction of sp³-hybridized carbons (Fsp3) is 0.417. The van der Waals surface area contributed by atoms with E-state index in [0.29, 0.717) is 12.0 Å². The molecule has 0 amide bonds. The molecule has 1 fully saturated rings. The van der Waals surface area contributed by atoms with Gasteiger partial charge in [-0.15, -0.1) is 0 Å². The van der Waals surface area contributed by atoms with Crippen LogP contribution in [-0.4, -0.2) is 13.1 Å². The molecule has 2 nitrogen and oxygen atoms in total. The lowest BCUT2D eigenvalue weighted by Gasteiger charge is -2.12. The number of benzene rings is 1. The molecular weight excluding hydrogens is 195 g/mol. The topological polar surface area (TPSA) is 26.3 Å². The summed E-state index contributed by atoms with van der Waals surface area (Å²) in [6.07, 6.45) is 2.05. The predicted octanol–water partition coefficient (Wildman–Crippen LogP) is 2.32. The predicted molar refractivity (Wildman–Crippen MR) is 53.8 cm³/mol. The quantitative estimate of drug-likeness (QED) is 0.712. The molecule has 1 aliphatic rings. The van der Waals surface area contributed by atoms with Gasteiger partial charge in [0.2, 0.25) is 0 Å². The Bertz CT molecular complexity index is 383. The van der Waals surface area contributed by atoms with Gasteiger partial charge in [0.15, 0.2) is 0 Å². The number of ether oxygens (including phenoxy) is 1. The maximum absolute atomic E-state index is 13.4. The molecule has 0 radical (unpaired) electrons. The summed E-state index contributed by atoms with van der Waals surface area (Å²) in [6.45, 7) is 0. The average Bonchev–Trinajstić information content (AvgIpc) is 3.01. The van der Waals surface area contributed by atoms with Crippen molar-refractivity contribution in [3.05, 3.63) is 35.6 Å². The van der Waals surface area contributed by atoms with E-state index in [1.165, 1.54) is 13.2 Å². The number of esters is 1. The van der Waals surface area contributed by atoms with E-state index in [9.17, 15) is 9.18 Å². The van der Waals surface area contributed by atoms with E-state index in [-0.39, 0.29) is 11.8 Å². The number of halogens is 1. The zero-order chi connectivity index (χ0) is 10.9. The number of hydrogen-bond donors (Lipinski definition) is 0. The number of methoxy groups -OCH3 is 1. The highest BCUT2D eigenvalue weighted by Crippen LogP contribution is 2.49. The van der Waals surface area contributed by atoms with E-state index >= 15 is 0 Å². The highest BCUT2D eigenvalue weighted by atomic mass is 19.1. The van der Waals surface area contributed by atoms with Crippen LogP contribution >= 0.6 is 0 Å². The van der Waals surface area contributed by atoms with Gasteiger partial charge < -0.3 is 4.74 Å². The molecule has 0 spiro atoms. The van der Waals surface area contributed by atoms with E-state index in [0.717, 1.165) is 12.8 Å². The first-order valence-corrected chi connectivity index (χ1v) is 5.00. The van der Waals surface area contributed by atoms with Crippen LogP contribution in [0.2, 0.25) is 0 Å². The Morgan fingerprint density at radius 2 is 2.13 bits per heavy atom. The normalized spacial score (nSPS) is 17.2. The Morgan fingerprint density at radius 1 is 1.47 bits per heavy atom. The standard InChI is InChI=1S/C12H13FO2/c1-15-11(14)12(6-7-12)8-9-4-2-3-5-10(9)13/h2-5H,6-8H2,1H3. The third kappa shape index (κ3) is 1.87. The third-order valence-corrected chi connectivity index (χ3v) is 2.96. The van der Waals surface area contributed by atoms with Gasteiger partial charge >= 0.3 is 5.97 Å². The van der Waals surface area contributed by atoms with Gasteiger partial charge in [-0.3, -0.25) is 4.79 Å². The second-order valence-electron chi connectivity index (χ2n) is 4.04. The van der Waals surface area contributed by atoms with E-state index < -0.39 is 5.41 Å². The molecule has 0 aliphatic heterocycles. The molecule has 1 aliphatic carbocycles. The molecule has 3 heteroatoms. The zero-order valence-electron chi connectivity index (χ0n) is 8.63. The van der Waals surface area contributed by atoms with Crippen molar-refractivity contribution in [1.82, 2.24) is 0 Å². The van der Waals surface area contributed by atoms with Crippen molar-refractivity contribution in [3.63, 3.8) is 0 Å².